The highest BCUT2D eigenvalue weighted by atomic mass is 16.5. The van der Waals surface area contributed by atoms with Gasteiger partial charge in [0.05, 0.1) is 13.2 Å². The Morgan fingerprint density at radius 3 is 2.55 bits per heavy atom. The third-order valence-corrected chi connectivity index (χ3v) is 2.72. The summed E-state index contributed by atoms with van der Waals surface area (Å²) >= 11 is 0. The van der Waals surface area contributed by atoms with E-state index in [0.717, 1.165) is 5.56 Å². The van der Waals surface area contributed by atoms with Crippen molar-refractivity contribution in [3.05, 3.63) is 60.2 Å². The lowest BCUT2D eigenvalue weighted by molar-refractivity contribution is 0.00550. The topological polar surface area (TPSA) is 64.7 Å². The number of aliphatic hydroxyl groups excluding tert-OH is 1. The Morgan fingerprint density at radius 2 is 1.80 bits per heavy atom. The van der Waals surface area contributed by atoms with Gasteiger partial charge in [0.25, 0.3) is 0 Å². The molecule has 1 unspecified atom stereocenters. The van der Waals surface area contributed by atoms with Crippen LogP contribution in [0, 0.1) is 0 Å². The van der Waals surface area contributed by atoms with E-state index < -0.39 is 6.10 Å². The second kappa shape index (κ2) is 7.53. The van der Waals surface area contributed by atoms with Crippen LogP contribution in [-0.2, 0) is 11.3 Å². The number of ether oxygens (including phenoxy) is 2. The van der Waals surface area contributed by atoms with Crippen LogP contribution in [0.15, 0.2) is 54.6 Å². The third kappa shape index (κ3) is 4.91. The summed E-state index contributed by atoms with van der Waals surface area (Å²) in [5, 5.41) is 9.78. The maximum absolute atomic E-state index is 9.78. The zero-order valence-electron chi connectivity index (χ0n) is 11.2. The van der Waals surface area contributed by atoms with Crippen molar-refractivity contribution in [2.45, 2.75) is 12.7 Å². The quantitative estimate of drug-likeness (QED) is 0.759. The van der Waals surface area contributed by atoms with Gasteiger partial charge in [-0.1, -0.05) is 36.4 Å². The molecule has 20 heavy (non-hydrogen) atoms. The number of hydrogen-bond donors (Lipinski definition) is 2. The van der Waals surface area contributed by atoms with E-state index in [1.807, 2.05) is 36.4 Å². The SMILES string of the molecule is Nc1cccc(OCC(O)COCc2ccccc2)c1. The number of aliphatic hydroxyl groups is 1. The van der Waals surface area contributed by atoms with Crippen LogP contribution in [0.2, 0.25) is 0 Å². The second-order valence-corrected chi connectivity index (χ2v) is 4.54. The standard InChI is InChI=1S/C16H19NO3/c17-14-7-4-8-16(9-14)20-12-15(18)11-19-10-13-5-2-1-3-6-13/h1-9,15,18H,10-12,17H2. The molecule has 2 aromatic rings. The van der Waals surface area contributed by atoms with Gasteiger partial charge in [0, 0.05) is 11.8 Å². The lowest BCUT2D eigenvalue weighted by Crippen LogP contribution is -2.23. The molecule has 0 heterocycles. The van der Waals surface area contributed by atoms with E-state index in [4.69, 9.17) is 15.2 Å². The van der Waals surface area contributed by atoms with Crippen molar-refractivity contribution < 1.29 is 14.6 Å². The lowest BCUT2D eigenvalue weighted by Gasteiger charge is -2.13. The Hall–Kier alpha value is -2.04. The number of anilines is 1. The van der Waals surface area contributed by atoms with Crippen LogP contribution >= 0.6 is 0 Å². The van der Waals surface area contributed by atoms with Gasteiger partial charge in [0.2, 0.25) is 0 Å². The minimum Gasteiger partial charge on any atom is -0.491 e. The predicted molar refractivity (Wildman–Crippen MR) is 78.5 cm³/mol. The number of nitrogen functional groups attached to an aromatic ring is 1. The summed E-state index contributed by atoms with van der Waals surface area (Å²) in [4.78, 5) is 0. The van der Waals surface area contributed by atoms with Gasteiger partial charge in [-0.25, -0.2) is 0 Å². The third-order valence-electron chi connectivity index (χ3n) is 2.72. The van der Waals surface area contributed by atoms with Crippen molar-refractivity contribution in [2.24, 2.45) is 0 Å². The first-order valence-electron chi connectivity index (χ1n) is 6.52. The van der Waals surface area contributed by atoms with Crippen molar-refractivity contribution in [1.82, 2.24) is 0 Å². The van der Waals surface area contributed by atoms with Crippen LogP contribution in [0.3, 0.4) is 0 Å². The molecule has 0 fully saturated rings. The molecule has 2 aromatic carbocycles. The summed E-state index contributed by atoms with van der Waals surface area (Å²) in [7, 11) is 0. The average Bonchev–Trinajstić information content (AvgIpc) is 2.46. The Bertz CT molecular complexity index is 516. The van der Waals surface area contributed by atoms with E-state index in [0.29, 0.717) is 18.0 Å². The zero-order valence-corrected chi connectivity index (χ0v) is 11.2. The average molecular weight is 273 g/mol. The Labute approximate surface area is 118 Å². The molecule has 0 spiro atoms. The molecule has 0 saturated carbocycles. The highest BCUT2D eigenvalue weighted by molar-refractivity contribution is 5.43. The summed E-state index contributed by atoms with van der Waals surface area (Å²) in [6, 6.07) is 16.9. The van der Waals surface area contributed by atoms with Crippen molar-refractivity contribution in [3.63, 3.8) is 0 Å². The highest BCUT2D eigenvalue weighted by Gasteiger charge is 2.06. The molecule has 0 aliphatic carbocycles. The van der Waals surface area contributed by atoms with Crippen molar-refractivity contribution in [1.29, 1.82) is 0 Å². The van der Waals surface area contributed by atoms with Gasteiger partial charge >= 0.3 is 0 Å². The van der Waals surface area contributed by atoms with Crippen LogP contribution in [-0.4, -0.2) is 24.4 Å². The molecule has 0 amide bonds. The normalized spacial score (nSPS) is 12.1. The van der Waals surface area contributed by atoms with Gasteiger partial charge in [-0.3, -0.25) is 0 Å². The fourth-order valence-corrected chi connectivity index (χ4v) is 1.73. The predicted octanol–water partition coefficient (Wildman–Crippen LogP) is 2.23. The minimum atomic E-state index is -0.667. The molecule has 106 valence electrons. The molecule has 4 nitrogen and oxygen atoms in total. The Morgan fingerprint density at radius 1 is 1.00 bits per heavy atom. The van der Waals surface area contributed by atoms with E-state index in [1.54, 1.807) is 18.2 Å². The van der Waals surface area contributed by atoms with Gasteiger partial charge in [-0.05, 0) is 17.7 Å². The maximum atomic E-state index is 9.78. The van der Waals surface area contributed by atoms with Crippen LogP contribution < -0.4 is 10.5 Å². The van der Waals surface area contributed by atoms with Crippen LogP contribution in [0.5, 0.6) is 5.75 Å². The van der Waals surface area contributed by atoms with Crippen molar-refractivity contribution in [2.75, 3.05) is 18.9 Å². The molecule has 0 aliphatic rings. The highest BCUT2D eigenvalue weighted by Crippen LogP contribution is 2.14. The molecule has 0 aliphatic heterocycles. The van der Waals surface area contributed by atoms with Gasteiger partial charge in [-0.15, -0.1) is 0 Å². The van der Waals surface area contributed by atoms with Gasteiger partial charge in [-0.2, -0.15) is 0 Å². The largest absolute Gasteiger partial charge is 0.491 e. The van der Waals surface area contributed by atoms with Crippen molar-refractivity contribution in [3.8, 4) is 5.75 Å². The molecule has 1 atom stereocenters. The summed E-state index contributed by atoms with van der Waals surface area (Å²) in [6.07, 6.45) is -0.667. The monoisotopic (exact) mass is 273 g/mol. The number of benzene rings is 2. The van der Waals surface area contributed by atoms with Gasteiger partial charge < -0.3 is 20.3 Å². The summed E-state index contributed by atoms with van der Waals surface area (Å²) in [6.45, 7) is 0.894. The minimum absolute atomic E-state index is 0.179. The molecule has 0 aromatic heterocycles. The molecule has 3 N–H and O–H groups in total. The fraction of sp³-hybridized carbons (Fsp3) is 0.250. The Kier molecular flexibility index (Phi) is 5.41. The molecular formula is C16H19NO3. The van der Waals surface area contributed by atoms with Crippen LogP contribution in [0.1, 0.15) is 5.56 Å². The van der Waals surface area contributed by atoms with E-state index in [-0.39, 0.29) is 13.2 Å². The number of rotatable bonds is 7. The molecule has 2 rings (SSSR count). The first-order valence-corrected chi connectivity index (χ1v) is 6.52. The molecule has 0 saturated heterocycles. The maximum Gasteiger partial charge on any atom is 0.121 e. The molecule has 4 heteroatoms. The van der Waals surface area contributed by atoms with Crippen LogP contribution in [0.4, 0.5) is 5.69 Å². The fourth-order valence-electron chi connectivity index (χ4n) is 1.73. The van der Waals surface area contributed by atoms with Crippen LogP contribution in [0.25, 0.3) is 0 Å². The Balaban J connectivity index is 1.67. The van der Waals surface area contributed by atoms with E-state index >= 15 is 0 Å². The number of nitrogens with two attached hydrogens (primary N) is 1. The number of hydrogen-bond acceptors (Lipinski definition) is 4. The molecule has 0 radical (unpaired) electrons. The van der Waals surface area contributed by atoms with Crippen molar-refractivity contribution >= 4 is 5.69 Å². The lowest BCUT2D eigenvalue weighted by atomic mass is 10.2. The van der Waals surface area contributed by atoms with E-state index in [1.165, 1.54) is 0 Å². The molecular weight excluding hydrogens is 254 g/mol. The zero-order chi connectivity index (χ0) is 14.2. The van der Waals surface area contributed by atoms with Gasteiger partial charge in [0.15, 0.2) is 0 Å². The summed E-state index contributed by atoms with van der Waals surface area (Å²) in [5.41, 5.74) is 7.36. The first kappa shape index (κ1) is 14.4. The molecule has 0 bridgehead atoms. The van der Waals surface area contributed by atoms with E-state index in [2.05, 4.69) is 0 Å². The van der Waals surface area contributed by atoms with Gasteiger partial charge in [0.1, 0.15) is 18.5 Å². The summed E-state index contributed by atoms with van der Waals surface area (Å²) < 4.78 is 10.9. The first-order chi connectivity index (χ1) is 9.74. The summed E-state index contributed by atoms with van der Waals surface area (Å²) in [5.74, 6) is 0.645. The smallest absolute Gasteiger partial charge is 0.121 e. The second-order valence-electron chi connectivity index (χ2n) is 4.54. The van der Waals surface area contributed by atoms with E-state index in [9.17, 15) is 5.11 Å².